The summed E-state index contributed by atoms with van der Waals surface area (Å²) in [4.78, 5) is 27.5. The number of benzene rings is 1. The first-order chi connectivity index (χ1) is 11.9. The van der Waals surface area contributed by atoms with Crippen molar-refractivity contribution in [2.75, 3.05) is 0 Å². The van der Waals surface area contributed by atoms with E-state index in [9.17, 15) is 9.59 Å². The minimum atomic E-state index is -0.822. The van der Waals surface area contributed by atoms with Gasteiger partial charge in [-0.15, -0.1) is 11.3 Å². The summed E-state index contributed by atoms with van der Waals surface area (Å²) in [6, 6.07) is 7.90. The number of hydrogen-bond acceptors (Lipinski definition) is 4. The largest absolute Gasteiger partial charge is 0.448 e. The lowest BCUT2D eigenvalue weighted by molar-refractivity contribution is -0.146. The van der Waals surface area contributed by atoms with Crippen molar-refractivity contribution in [1.82, 2.24) is 4.90 Å². The number of thiophene rings is 1. The normalized spacial score (nSPS) is 22.0. The molecule has 0 aliphatic carbocycles. The Labute approximate surface area is 156 Å². The van der Waals surface area contributed by atoms with Gasteiger partial charge in [0, 0.05) is 22.2 Å². The van der Waals surface area contributed by atoms with Crippen molar-refractivity contribution in [2.45, 2.75) is 58.2 Å². The Morgan fingerprint density at radius 1 is 1.24 bits per heavy atom. The predicted molar refractivity (Wildman–Crippen MR) is 101 cm³/mol. The molecule has 3 atom stereocenters. The molecule has 1 aromatic carbocycles. The van der Waals surface area contributed by atoms with Crippen LogP contribution in [0.4, 0.5) is 0 Å². The van der Waals surface area contributed by atoms with Crippen LogP contribution in [0.25, 0.3) is 10.1 Å². The third-order valence-electron chi connectivity index (χ3n) is 4.80. The van der Waals surface area contributed by atoms with Gasteiger partial charge in [0.1, 0.15) is 4.88 Å². The standard InChI is InChI=1S/C19H22ClNO3S/c1-11-7-6-8-12(2)21(11)18(22)13(3)24-19(23)17-16(20)14-9-4-5-10-15(14)25-17/h4-5,9-13H,6-8H2,1-3H3/t11-,12-,13+/m0/s1. The zero-order valence-electron chi connectivity index (χ0n) is 14.6. The van der Waals surface area contributed by atoms with Gasteiger partial charge in [-0.1, -0.05) is 29.8 Å². The number of carbonyl (C=O) groups excluding carboxylic acids is 2. The molecule has 2 aromatic rings. The molecule has 1 fully saturated rings. The van der Waals surface area contributed by atoms with E-state index in [0.717, 1.165) is 29.3 Å². The van der Waals surface area contributed by atoms with Crippen LogP contribution in [0.15, 0.2) is 24.3 Å². The molecule has 2 heterocycles. The van der Waals surface area contributed by atoms with Crippen LogP contribution >= 0.6 is 22.9 Å². The minimum Gasteiger partial charge on any atom is -0.448 e. The summed E-state index contributed by atoms with van der Waals surface area (Å²) in [6.45, 7) is 5.73. The highest BCUT2D eigenvalue weighted by molar-refractivity contribution is 7.21. The fraction of sp³-hybridized carbons (Fsp3) is 0.474. The van der Waals surface area contributed by atoms with Gasteiger partial charge in [-0.3, -0.25) is 4.79 Å². The predicted octanol–water partition coefficient (Wildman–Crippen LogP) is 4.89. The molecule has 1 aliphatic rings. The summed E-state index contributed by atoms with van der Waals surface area (Å²) in [5.41, 5.74) is 0. The number of hydrogen-bond donors (Lipinski definition) is 0. The number of likely N-dealkylation sites (tertiary alicyclic amines) is 1. The van der Waals surface area contributed by atoms with Gasteiger partial charge in [0.2, 0.25) is 0 Å². The van der Waals surface area contributed by atoms with Crippen molar-refractivity contribution in [2.24, 2.45) is 0 Å². The molecule has 0 N–H and O–H groups in total. The van der Waals surface area contributed by atoms with E-state index in [1.165, 1.54) is 11.3 Å². The molecule has 6 heteroatoms. The molecule has 0 saturated carbocycles. The molecule has 1 aliphatic heterocycles. The van der Waals surface area contributed by atoms with E-state index < -0.39 is 12.1 Å². The number of nitrogens with zero attached hydrogens (tertiary/aromatic N) is 1. The number of esters is 1. The Balaban J connectivity index is 1.75. The average Bonchev–Trinajstić information content (AvgIpc) is 2.92. The molecular formula is C19H22ClNO3S. The van der Waals surface area contributed by atoms with Crippen molar-refractivity contribution in [1.29, 1.82) is 0 Å². The van der Waals surface area contributed by atoms with Gasteiger partial charge >= 0.3 is 5.97 Å². The molecule has 1 amide bonds. The number of fused-ring (bicyclic) bond motifs is 1. The lowest BCUT2D eigenvalue weighted by Crippen LogP contribution is -2.51. The van der Waals surface area contributed by atoms with Crippen LogP contribution in [-0.2, 0) is 9.53 Å². The lowest BCUT2D eigenvalue weighted by atomic mass is 9.97. The summed E-state index contributed by atoms with van der Waals surface area (Å²) in [6.07, 6.45) is 2.27. The van der Waals surface area contributed by atoms with Crippen LogP contribution in [-0.4, -0.2) is 35.0 Å². The Kier molecular flexibility index (Phi) is 5.35. The SMILES string of the molecule is C[C@@H](OC(=O)c1sc2ccccc2c1Cl)C(=O)N1[C@@H](C)CCC[C@@H]1C. The monoisotopic (exact) mass is 379 g/mol. The van der Waals surface area contributed by atoms with Gasteiger partial charge in [0.15, 0.2) is 6.10 Å². The van der Waals surface area contributed by atoms with E-state index in [2.05, 4.69) is 0 Å². The highest BCUT2D eigenvalue weighted by Gasteiger charge is 2.33. The summed E-state index contributed by atoms with van der Waals surface area (Å²) >= 11 is 7.62. The van der Waals surface area contributed by atoms with E-state index in [1.54, 1.807) is 6.92 Å². The number of carbonyl (C=O) groups is 2. The summed E-state index contributed by atoms with van der Waals surface area (Å²) in [5.74, 6) is -0.672. The second kappa shape index (κ2) is 7.34. The van der Waals surface area contributed by atoms with E-state index in [0.29, 0.717) is 9.90 Å². The zero-order chi connectivity index (χ0) is 18.1. The van der Waals surface area contributed by atoms with Gasteiger partial charge in [0.05, 0.1) is 5.02 Å². The van der Waals surface area contributed by atoms with E-state index >= 15 is 0 Å². The number of rotatable bonds is 3. The van der Waals surface area contributed by atoms with Crippen LogP contribution in [0, 0.1) is 0 Å². The van der Waals surface area contributed by atoms with E-state index in [-0.39, 0.29) is 18.0 Å². The van der Waals surface area contributed by atoms with Crippen molar-refractivity contribution >= 4 is 44.9 Å². The van der Waals surface area contributed by atoms with Crippen molar-refractivity contribution in [3.8, 4) is 0 Å². The van der Waals surface area contributed by atoms with Crippen LogP contribution in [0.5, 0.6) is 0 Å². The highest BCUT2D eigenvalue weighted by Crippen LogP contribution is 2.35. The second-order valence-electron chi connectivity index (χ2n) is 6.66. The van der Waals surface area contributed by atoms with Gasteiger partial charge in [0.25, 0.3) is 5.91 Å². The summed E-state index contributed by atoms with van der Waals surface area (Å²) < 4.78 is 6.38. The molecule has 25 heavy (non-hydrogen) atoms. The highest BCUT2D eigenvalue weighted by atomic mass is 35.5. The molecule has 0 radical (unpaired) electrons. The molecular weight excluding hydrogens is 358 g/mol. The number of piperidine rings is 1. The van der Waals surface area contributed by atoms with Crippen LogP contribution in [0.1, 0.15) is 49.7 Å². The Morgan fingerprint density at radius 2 is 1.88 bits per heavy atom. The van der Waals surface area contributed by atoms with Gasteiger partial charge in [-0.25, -0.2) is 4.79 Å². The maximum absolute atomic E-state index is 12.8. The van der Waals surface area contributed by atoms with Crippen LogP contribution < -0.4 is 0 Å². The van der Waals surface area contributed by atoms with Crippen LogP contribution in [0.3, 0.4) is 0 Å². The summed E-state index contributed by atoms with van der Waals surface area (Å²) in [5, 5.41) is 1.23. The molecule has 0 spiro atoms. The van der Waals surface area contributed by atoms with Crippen LogP contribution in [0.2, 0.25) is 5.02 Å². The van der Waals surface area contributed by atoms with Gasteiger partial charge in [-0.05, 0) is 46.1 Å². The first kappa shape index (κ1) is 18.2. The zero-order valence-corrected chi connectivity index (χ0v) is 16.2. The quantitative estimate of drug-likeness (QED) is 0.713. The Hall–Kier alpha value is -1.59. The molecule has 4 nitrogen and oxygen atoms in total. The van der Waals surface area contributed by atoms with Gasteiger partial charge in [-0.2, -0.15) is 0 Å². The topological polar surface area (TPSA) is 46.6 Å². The van der Waals surface area contributed by atoms with Crippen molar-refractivity contribution in [3.63, 3.8) is 0 Å². The van der Waals surface area contributed by atoms with E-state index in [4.69, 9.17) is 16.3 Å². The average molecular weight is 380 g/mol. The Morgan fingerprint density at radius 3 is 2.52 bits per heavy atom. The maximum atomic E-state index is 12.8. The Bertz CT molecular complexity index is 793. The number of amides is 1. The molecule has 0 unspecified atom stereocenters. The van der Waals surface area contributed by atoms with Gasteiger partial charge < -0.3 is 9.64 Å². The molecule has 134 valence electrons. The maximum Gasteiger partial charge on any atom is 0.350 e. The second-order valence-corrected chi connectivity index (χ2v) is 8.09. The third-order valence-corrected chi connectivity index (χ3v) is 6.46. The molecule has 3 rings (SSSR count). The fourth-order valence-corrected chi connectivity index (χ4v) is 4.87. The molecule has 0 bridgehead atoms. The number of ether oxygens (including phenoxy) is 1. The molecule has 1 saturated heterocycles. The molecule has 1 aromatic heterocycles. The number of halogens is 1. The first-order valence-corrected chi connectivity index (χ1v) is 9.79. The van der Waals surface area contributed by atoms with Crippen molar-refractivity contribution in [3.05, 3.63) is 34.2 Å². The summed E-state index contributed by atoms with van der Waals surface area (Å²) in [7, 11) is 0. The minimum absolute atomic E-state index is 0.134. The fourth-order valence-electron chi connectivity index (χ4n) is 3.48. The van der Waals surface area contributed by atoms with Crippen molar-refractivity contribution < 1.29 is 14.3 Å². The first-order valence-electron chi connectivity index (χ1n) is 8.60. The third kappa shape index (κ3) is 3.53. The lowest BCUT2D eigenvalue weighted by Gasteiger charge is -2.40. The smallest absolute Gasteiger partial charge is 0.350 e. The van der Waals surface area contributed by atoms with E-state index in [1.807, 2.05) is 43.0 Å².